The molecule has 6 nitrogen and oxygen atoms in total. The van der Waals surface area contributed by atoms with Crippen LogP contribution in [0.2, 0.25) is 0 Å². The maximum atomic E-state index is 13.1. The molecule has 2 aromatic heterocycles. The average Bonchev–Trinajstić information content (AvgIpc) is 3.15. The molecule has 2 aromatic carbocycles. The van der Waals surface area contributed by atoms with Crippen LogP contribution in [0.5, 0.6) is 11.5 Å². The van der Waals surface area contributed by atoms with Gasteiger partial charge in [0, 0.05) is 17.8 Å². The van der Waals surface area contributed by atoms with Gasteiger partial charge in [-0.2, -0.15) is 0 Å². The topological polar surface area (TPSA) is 64.9 Å². The molecule has 0 bridgehead atoms. The van der Waals surface area contributed by atoms with Gasteiger partial charge in [0.2, 0.25) is 5.91 Å². The van der Waals surface area contributed by atoms with Gasteiger partial charge in [0.25, 0.3) is 0 Å². The molecule has 1 N–H and O–H groups in total. The Labute approximate surface area is 187 Å². The van der Waals surface area contributed by atoms with Crippen molar-refractivity contribution in [3.05, 3.63) is 77.1 Å². The highest BCUT2D eigenvalue weighted by Gasteiger charge is 2.19. The maximum absolute atomic E-state index is 13.1. The Kier molecular flexibility index (Phi) is 5.86. The highest BCUT2D eigenvalue weighted by atomic mass is 16.5. The van der Waals surface area contributed by atoms with E-state index in [0.29, 0.717) is 17.2 Å². The standard InChI is InChI=1S/C26H27N3O3/c1-16-8-9-19(13-18(16)3)25-22(29-12-6-7-17(2)26(29)28-25)15-24(30)27-21-11-10-20(31-4)14-23(21)32-5/h6-14H,15H2,1-5H3,(H,27,30). The molecule has 0 aliphatic rings. The number of aryl methyl sites for hydroxylation is 3. The molecular weight excluding hydrogens is 402 g/mol. The summed E-state index contributed by atoms with van der Waals surface area (Å²) in [6.45, 7) is 6.20. The second-order valence-electron chi connectivity index (χ2n) is 7.88. The lowest BCUT2D eigenvalue weighted by molar-refractivity contribution is -0.115. The summed E-state index contributed by atoms with van der Waals surface area (Å²) < 4.78 is 12.7. The molecule has 0 atom stereocenters. The number of hydrogen-bond donors (Lipinski definition) is 1. The number of aromatic nitrogens is 2. The van der Waals surface area contributed by atoms with E-state index in [1.54, 1.807) is 32.4 Å². The van der Waals surface area contributed by atoms with Crippen molar-refractivity contribution in [2.75, 3.05) is 19.5 Å². The molecule has 0 saturated carbocycles. The predicted molar refractivity (Wildman–Crippen MR) is 127 cm³/mol. The molecule has 4 rings (SSSR count). The van der Waals surface area contributed by atoms with Crippen molar-refractivity contribution in [3.63, 3.8) is 0 Å². The summed E-state index contributed by atoms with van der Waals surface area (Å²) >= 11 is 0. The van der Waals surface area contributed by atoms with Crippen molar-refractivity contribution in [1.29, 1.82) is 0 Å². The van der Waals surface area contributed by atoms with Crippen molar-refractivity contribution in [1.82, 2.24) is 9.38 Å². The first-order valence-electron chi connectivity index (χ1n) is 10.5. The quantitative estimate of drug-likeness (QED) is 0.462. The number of imidazole rings is 1. The van der Waals surface area contributed by atoms with Crippen molar-refractivity contribution >= 4 is 17.2 Å². The molecule has 6 heteroatoms. The Morgan fingerprint density at radius 2 is 1.78 bits per heavy atom. The minimum absolute atomic E-state index is 0.151. The second-order valence-corrected chi connectivity index (χ2v) is 7.88. The zero-order valence-electron chi connectivity index (χ0n) is 19.0. The van der Waals surface area contributed by atoms with Gasteiger partial charge in [-0.05, 0) is 61.7 Å². The van der Waals surface area contributed by atoms with Gasteiger partial charge >= 0.3 is 0 Å². The third-order valence-electron chi connectivity index (χ3n) is 5.74. The van der Waals surface area contributed by atoms with Gasteiger partial charge < -0.3 is 19.2 Å². The third kappa shape index (κ3) is 4.04. The summed E-state index contributed by atoms with van der Waals surface area (Å²) in [5.41, 5.74) is 7.58. The summed E-state index contributed by atoms with van der Waals surface area (Å²) in [6.07, 6.45) is 2.12. The van der Waals surface area contributed by atoms with E-state index in [1.807, 2.05) is 29.7 Å². The van der Waals surface area contributed by atoms with Crippen LogP contribution in [0.4, 0.5) is 5.69 Å². The van der Waals surface area contributed by atoms with Crippen LogP contribution in [0.25, 0.3) is 16.9 Å². The summed E-state index contributed by atoms with van der Waals surface area (Å²) in [7, 11) is 3.16. The van der Waals surface area contributed by atoms with Crippen molar-refractivity contribution in [3.8, 4) is 22.8 Å². The Morgan fingerprint density at radius 3 is 2.50 bits per heavy atom. The number of methoxy groups -OCH3 is 2. The number of nitrogens with one attached hydrogen (secondary N) is 1. The smallest absolute Gasteiger partial charge is 0.230 e. The number of anilines is 1. The molecule has 1 amide bonds. The second kappa shape index (κ2) is 8.75. The normalized spacial score (nSPS) is 10.9. The molecule has 164 valence electrons. The van der Waals surface area contributed by atoms with Crippen molar-refractivity contribution in [2.24, 2.45) is 0 Å². The Hall–Kier alpha value is -3.80. The van der Waals surface area contributed by atoms with E-state index in [-0.39, 0.29) is 12.3 Å². The van der Waals surface area contributed by atoms with Crippen LogP contribution >= 0.6 is 0 Å². The lowest BCUT2D eigenvalue weighted by Gasteiger charge is -2.12. The fourth-order valence-electron chi connectivity index (χ4n) is 3.79. The number of nitrogens with zero attached hydrogens (tertiary/aromatic N) is 2. The lowest BCUT2D eigenvalue weighted by Crippen LogP contribution is -2.16. The first-order chi connectivity index (χ1) is 15.4. The number of benzene rings is 2. The molecule has 0 aliphatic heterocycles. The molecule has 0 fully saturated rings. The van der Waals surface area contributed by atoms with Gasteiger partial charge in [0.15, 0.2) is 0 Å². The Balaban J connectivity index is 1.73. The lowest BCUT2D eigenvalue weighted by atomic mass is 10.0. The van der Waals surface area contributed by atoms with E-state index < -0.39 is 0 Å². The fraction of sp³-hybridized carbons (Fsp3) is 0.231. The SMILES string of the molecule is COc1ccc(NC(=O)Cc2c(-c3ccc(C)c(C)c3)nc3c(C)cccn23)c(OC)c1. The largest absolute Gasteiger partial charge is 0.497 e. The van der Waals surface area contributed by atoms with Crippen molar-refractivity contribution in [2.45, 2.75) is 27.2 Å². The number of fused-ring (bicyclic) bond motifs is 1. The number of amides is 1. The van der Waals surface area contributed by atoms with Gasteiger partial charge in [-0.25, -0.2) is 4.98 Å². The molecule has 0 saturated heterocycles. The molecule has 2 heterocycles. The van der Waals surface area contributed by atoms with Crippen LogP contribution in [0, 0.1) is 20.8 Å². The molecule has 0 aliphatic carbocycles. The van der Waals surface area contributed by atoms with Crippen LogP contribution < -0.4 is 14.8 Å². The number of carbonyl (C=O) groups excluding carboxylic acids is 1. The van der Waals surface area contributed by atoms with Gasteiger partial charge in [0.05, 0.1) is 37.7 Å². The number of ether oxygens (including phenoxy) is 2. The summed E-state index contributed by atoms with van der Waals surface area (Å²) in [6, 6.07) is 15.6. The number of pyridine rings is 1. The number of hydrogen-bond acceptors (Lipinski definition) is 4. The highest BCUT2D eigenvalue weighted by Crippen LogP contribution is 2.31. The summed E-state index contributed by atoms with van der Waals surface area (Å²) in [5.74, 6) is 1.05. The van der Waals surface area contributed by atoms with E-state index >= 15 is 0 Å². The molecule has 0 unspecified atom stereocenters. The first kappa shape index (κ1) is 21.4. The maximum Gasteiger partial charge on any atom is 0.230 e. The zero-order valence-corrected chi connectivity index (χ0v) is 19.0. The fourth-order valence-corrected chi connectivity index (χ4v) is 3.79. The Morgan fingerprint density at radius 1 is 0.969 bits per heavy atom. The first-order valence-corrected chi connectivity index (χ1v) is 10.5. The highest BCUT2D eigenvalue weighted by molar-refractivity contribution is 5.94. The molecular formula is C26H27N3O3. The minimum atomic E-state index is -0.151. The predicted octanol–water partition coefficient (Wildman–Crippen LogP) is 5.12. The van der Waals surface area contributed by atoms with Gasteiger partial charge in [-0.15, -0.1) is 0 Å². The van der Waals surface area contributed by atoms with Crippen LogP contribution in [0.3, 0.4) is 0 Å². The molecule has 0 radical (unpaired) electrons. The van der Waals surface area contributed by atoms with E-state index in [9.17, 15) is 4.79 Å². The van der Waals surface area contributed by atoms with Gasteiger partial charge in [-0.3, -0.25) is 4.79 Å². The van der Waals surface area contributed by atoms with E-state index in [2.05, 4.69) is 37.4 Å². The monoisotopic (exact) mass is 429 g/mol. The summed E-state index contributed by atoms with van der Waals surface area (Å²) in [4.78, 5) is 18.0. The molecule has 4 aromatic rings. The van der Waals surface area contributed by atoms with Crippen LogP contribution in [-0.4, -0.2) is 29.5 Å². The Bertz CT molecular complexity index is 1310. The minimum Gasteiger partial charge on any atom is -0.497 e. The van der Waals surface area contributed by atoms with Gasteiger partial charge in [0.1, 0.15) is 17.1 Å². The number of rotatable bonds is 6. The molecule has 0 spiro atoms. The number of carbonyl (C=O) groups is 1. The van der Waals surface area contributed by atoms with Gasteiger partial charge in [-0.1, -0.05) is 18.2 Å². The van der Waals surface area contributed by atoms with Crippen molar-refractivity contribution < 1.29 is 14.3 Å². The van der Waals surface area contributed by atoms with E-state index in [4.69, 9.17) is 14.5 Å². The van der Waals surface area contributed by atoms with Crippen LogP contribution in [0.1, 0.15) is 22.4 Å². The average molecular weight is 430 g/mol. The van der Waals surface area contributed by atoms with Crippen LogP contribution in [0.15, 0.2) is 54.7 Å². The van der Waals surface area contributed by atoms with Crippen LogP contribution in [-0.2, 0) is 11.2 Å². The third-order valence-corrected chi connectivity index (χ3v) is 5.74. The molecule has 32 heavy (non-hydrogen) atoms. The summed E-state index contributed by atoms with van der Waals surface area (Å²) in [5, 5.41) is 2.97. The zero-order chi connectivity index (χ0) is 22.8. The van der Waals surface area contributed by atoms with E-state index in [1.165, 1.54) is 11.1 Å². The van der Waals surface area contributed by atoms with E-state index in [0.717, 1.165) is 28.2 Å².